The third kappa shape index (κ3) is 7.25. The molecule has 1 heterocycles. The standard InChI is InChI=1S/C16H34N4O/c1-16(2,3)18-15(21)10-14(11-17)20-8-6-13(7-9-20)12-19(4)5/h13-14H,6-12,17H2,1-5H3,(H,18,21). The molecule has 1 amide bonds. The lowest BCUT2D eigenvalue weighted by Gasteiger charge is -2.38. The number of rotatable bonds is 6. The largest absolute Gasteiger partial charge is 0.351 e. The highest BCUT2D eigenvalue weighted by Gasteiger charge is 2.27. The fourth-order valence-electron chi connectivity index (χ4n) is 3.06. The van der Waals surface area contributed by atoms with Crippen molar-refractivity contribution in [2.24, 2.45) is 11.7 Å². The first-order chi connectivity index (χ1) is 9.71. The third-order valence-corrected chi connectivity index (χ3v) is 4.00. The van der Waals surface area contributed by atoms with Crippen molar-refractivity contribution in [1.82, 2.24) is 15.1 Å². The van der Waals surface area contributed by atoms with Crippen LogP contribution in [0.25, 0.3) is 0 Å². The van der Waals surface area contributed by atoms with E-state index >= 15 is 0 Å². The summed E-state index contributed by atoms with van der Waals surface area (Å²) >= 11 is 0. The maximum Gasteiger partial charge on any atom is 0.222 e. The minimum Gasteiger partial charge on any atom is -0.351 e. The molecule has 0 radical (unpaired) electrons. The number of nitrogens with two attached hydrogens (primary N) is 1. The number of nitrogens with zero attached hydrogens (tertiary/aromatic N) is 2. The molecule has 0 aliphatic carbocycles. The number of hydrogen-bond acceptors (Lipinski definition) is 4. The zero-order valence-corrected chi connectivity index (χ0v) is 14.5. The molecule has 1 saturated heterocycles. The van der Waals surface area contributed by atoms with Crippen molar-refractivity contribution < 1.29 is 4.79 Å². The van der Waals surface area contributed by atoms with Crippen LogP contribution in [0.3, 0.4) is 0 Å². The molecular weight excluding hydrogens is 264 g/mol. The van der Waals surface area contributed by atoms with Crippen LogP contribution in [0, 0.1) is 5.92 Å². The Morgan fingerprint density at radius 3 is 2.33 bits per heavy atom. The average Bonchev–Trinajstić information content (AvgIpc) is 2.34. The molecule has 0 spiro atoms. The van der Waals surface area contributed by atoms with Crippen molar-refractivity contribution >= 4 is 5.91 Å². The molecule has 21 heavy (non-hydrogen) atoms. The number of likely N-dealkylation sites (tertiary alicyclic amines) is 1. The minimum absolute atomic E-state index is 0.105. The predicted molar refractivity (Wildman–Crippen MR) is 88.2 cm³/mol. The number of carbonyl (C=O) groups is 1. The molecular formula is C16H34N4O. The second-order valence-electron chi connectivity index (χ2n) is 7.63. The molecule has 1 unspecified atom stereocenters. The van der Waals surface area contributed by atoms with Gasteiger partial charge in [0, 0.05) is 31.1 Å². The van der Waals surface area contributed by atoms with E-state index in [1.807, 2.05) is 20.8 Å². The SMILES string of the molecule is CN(C)CC1CCN(C(CN)CC(=O)NC(C)(C)C)CC1. The van der Waals surface area contributed by atoms with Crippen LogP contribution in [0.2, 0.25) is 0 Å². The lowest BCUT2D eigenvalue weighted by atomic mass is 9.94. The Balaban J connectivity index is 2.42. The molecule has 0 aromatic heterocycles. The summed E-state index contributed by atoms with van der Waals surface area (Å²) in [4.78, 5) is 16.7. The van der Waals surface area contributed by atoms with Crippen LogP contribution in [0.4, 0.5) is 0 Å². The molecule has 5 nitrogen and oxygen atoms in total. The third-order valence-electron chi connectivity index (χ3n) is 4.00. The van der Waals surface area contributed by atoms with E-state index < -0.39 is 0 Å². The molecule has 3 N–H and O–H groups in total. The van der Waals surface area contributed by atoms with Gasteiger partial charge in [0.05, 0.1) is 0 Å². The smallest absolute Gasteiger partial charge is 0.222 e. The first kappa shape index (κ1) is 18.4. The van der Waals surface area contributed by atoms with Gasteiger partial charge in [-0.1, -0.05) is 0 Å². The average molecular weight is 298 g/mol. The molecule has 0 aromatic carbocycles. The van der Waals surface area contributed by atoms with Crippen molar-refractivity contribution in [3.63, 3.8) is 0 Å². The van der Waals surface area contributed by atoms with Gasteiger partial charge in [-0.2, -0.15) is 0 Å². The maximum atomic E-state index is 12.1. The van der Waals surface area contributed by atoms with E-state index in [1.165, 1.54) is 12.8 Å². The summed E-state index contributed by atoms with van der Waals surface area (Å²) in [6.45, 7) is 9.85. The van der Waals surface area contributed by atoms with Gasteiger partial charge in [-0.15, -0.1) is 0 Å². The Bertz CT molecular complexity index is 317. The molecule has 1 fully saturated rings. The summed E-state index contributed by atoms with van der Waals surface area (Å²) < 4.78 is 0. The van der Waals surface area contributed by atoms with Crippen LogP contribution in [0.1, 0.15) is 40.0 Å². The molecule has 0 aromatic rings. The van der Waals surface area contributed by atoms with Gasteiger partial charge in [0.25, 0.3) is 0 Å². The Morgan fingerprint density at radius 2 is 1.90 bits per heavy atom. The summed E-state index contributed by atoms with van der Waals surface area (Å²) in [6.07, 6.45) is 2.91. The molecule has 0 saturated carbocycles. The van der Waals surface area contributed by atoms with E-state index in [0.29, 0.717) is 13.0 Å². The Morgan fingerprint density at radius 1 is 1.33 bits per heavy atom. The van der Waals surface area contributed by atoms with Gasteiger partial charge in [-0.3, -0.25) is 9.69 Å². The summed E-state index contributed by atoms with van der Waals surface area (Å²) in [5, 5.41) is 3.03. The van der Waals surface area contributed by atoms with Crippen molar-refractivity contribution in [3.05, 3.63) is 0 Å². The van der Waals surface area contributed by atoms with Crippen molar-refractivity contribution in [1.29, 1.82) is 0 Å². The van der Waals surface area contributed by atoms with Gasteiger partial charge in [-0.05, 0) is 66.7 Å². The first-order valence-electron chi connectivity index (χ1n) is 8.11. The highest BCUT2D eigenvalue weighted by atomic mass is 16.1. The molecule has 1 atom stereocenters. The fourth-order valence-corrected chi connectivity index (χ4v) is 3.06. The van der Waals surface area contributed by atoms with Crippen LogP contribution in [0.5, 0.6) is 0 Å². The van der Waals surface area contributed by atoms with Gasteiger partial charge in [0.15, 0.2) is 0 Å². The highest BCUT2D eigenvalue weighted by Crippen LogP contribution is 2.20. The topological polar surface area (TPSA) is 61.6 Å². The molecule has 1 aliphatic heterocycles. The van der Waals surface area contributed by atoms with Gasteiger partial charge >= 0.3 is 0 Å². The van der Waals surface area contributed by atoms with E-state index in [4.69, 9.17) is 5.73 Å². The summed E-state index contributed by atoms with van der Waals surface area (Å²) in [7, 11) is 4.26. The normalized spacial score (nSPS) is 19.8. The molecule has 0 bridgehead atoms. The van der Waals surface area contributed by atoms with Crippen LogP contribution in [-0.2, 0) is 4.79 Å². The first-order valence-corrected chi connectivity index (χ1v) is 8.11. The van der Waals surface area contributed by atoms with Crippen molar-refractivity contribution in [2.45, 2.75) is 51.6 Å². The zero-order chi connectivity index (χ0) is 16.0. The van der Waals surface area contributed by atoms with E-state index in [-0.39, 0.29) is 17.5 Å². The van der Waals surface area contributed by atoms with E-state index in [2.05, 4.69) is 29.2 Å². The Labute approximate surface area is 130 Å². The summed E-state index contributed by atoms with van der Waals surface area (Å²) in [5.41, 5.74) is 5.73. The van der Waals surface area contributed by atoms with E-state index in [9.17, 15) is 4.79 Å². The van der Waals surface area contributed by atoms with Gasteiger partial charge in [0.1, 0.15) is 0 Å². The van der Waals surface area contributed by atoms with E-state index in [1.54, 1.807) is 0 Å². The van der Waals surface area contributed by atoms with Crippen molar-refractivity contribution in [3.8, 4) is 0 Å². The summed E-state index contributed by atoms with van der Waals surface area (Å²) in [6, 6.07) is 0.174. The Hall–Kier alpha value is -0.650. The maximum absolute atomic E-state index is 12.1. The van der Waals surface area contributed by atoms with Gasteiger partial charge in [-0.25, -0.2) is 0 Å². The van der Waals surface area contributed by atoms with Gasteiger partial charge in [0.2, 0.25) is 5.91 Å². The number of nitrogens with one attached hydrogen (secondary N) is 1. The quantitative estimate of drug-likeness (QED) is 0.764. The predicted octanol–water partition coefficient (Wildman–Crippen LogP) is 0.892. The molecule has 1 aliphatic rings. The number of amides is 1. The Kier molecular flexibility index (Phi) is 7.10. The lowest BCUT2D eigenvalue weighted by molar-refractivity contribution is -0.123. The molecule has 124 valence electrons. The van der Waals surface area contributed by atoms with Gasteiger partial charge < -0.3 is 16.0 Å². The summed E-state index contributed by atoms with van der Waals surface area (Å²) in [5.74, 6) is 0.881. The zero-order valence-electron chi connectivity index (χ0n) is 14.5. The number of hydrogen-bond donors (Lipinski definition) is 2. The van der Waals surface area contributed by atoms with Crippen LogP contribution in [-0.4, -0.2) is 67.6 Å². The number of carbonyl (C=O) groups excluding carboxylic acids is 1. The minimum atomic E-state index is -0.172. The monoisotopic (exact) mass is 298 g/mol. The molecule has 1 rings (SSSR count). The fraction of sp³-hybridized carbons (Fsp3) is 0.938. The highest BCUT2D eigenvalue weighted by molar-refractivity contribution is 5.77. The van der Waals surface area contributed by atoms with E-state index in [0.717, 1.165) is 25.6 Å². The lowest BCUT2D eigenvalue weighted by Crippen LogP contribution is -2.50. The van der Waals surface area contributed by atoms with Crippen LogP contribution in [0.15, 0.2) is 0 Å². The second-order valence-corrected chi connectivity index (χ2v) is 7.63. The van der Waals surface area contributed by atoms with Crippen LogP contribution < -0.4 is 11.1 Å². The number of piperidine rings is 1. The van der Waals surface area contributed by atoms with Crippen molar-refractivity contribution in [2.75, 3.05) is 40.3 Å². The molecule has 5 heteroatoms. The van der Waals surface area contributed by atoms with Crippen LogP contribution >= 0.6 is 0 Å². The second kappa shape index (κ2) is 8.11.